The maximum Gasteiger partial charge on any atom is 0.0371 e. The molecule has 1 unspecified atom stereocenters. The molecule has 1 aromatic rings. The Hall–Kier alpha value is -0.890. The van der Waals surface area contributed by atoms with E-state index in [0.29, 0.717) is 6.04 Å². The van der Waals surface area contributed by atoms with Crippen LogP contribution in [-0.2, 0) is 0 Å². The molecule has 0 aromatic carbocycles. The van der Waals surface area contributed by atoms with Gasteiger partial charge >= 0.3 is 0 Å². The smallest absolute Gasteiger partial charge is 0.0371 e. The number of likely N-dealkylation sites (tertiary alicyclic amines) is 1. The molecule has 1 saturated carbocycles. The lowest BCUT2D eigenvalue weighted by Gasteiger charge is -2.37. The van der Waals surface area contributed by atoms with E-state index in [2.05, 4.69) is 42.9 Å². The Morgan fingerprint density at radius 1 is 1.17 bits per heavy atom. The summed E-state index contributed by atoms with van der Waals surface area (Å²) in [5, 5.41) is 0. The monoisotopic (exact) mass is 244 g/mol. The SMILES string of the molecule is CC(C)(C)N1CCCC1c1cnccc1C1CC1. The van der Waals surface area contributed by atoms with Gasteiger partial charge in [-0.1, -0.05) is 0 Å². The summed E-state index contributed by atoms with van der Waals surface area (Å²) >= 11 is 0. The second kappa shape index (κ2) is 4.34. The average Bonchev–Trinajstić information content (AvgIpc) is 3.04. The molecule has 0 spiro atoms. The summed E-state index contributed by atoms with van der Waals surface area (Å²) in [6, 6.07) is 2.85. The Labute approximate surface area is 110 Å². The van der Waals surface area contributed by atoms with Gasteiger partial charge in [0, 0.05) is 24.0 Å². The first-order chi connectivity index (χ1) is 8.57. The van der Waals surface area contributed by atoms with Gasteiger partial charge in [-0.05, 0) is 76.1 Å². The minimum absolute atomic E-state index is 0.262. The molecule has 2 fully saturated rings. The van der Waals surface area contributed by atoms with Crippen LogP contribution in [0.2, 0.25) is 0 Å². The number of hydrogen-bond acceptors (Lipinski definition) is 2. The summed E-state index contributed by atoms with van der Waals surface area (Å²) in [5.41, 5.74) is 3.34. The highest BCUT2D eigenvalue weighted by Crippen LogP contribution is 2.46. The zero-order valence-corrected chi connectivity index (χ0v) is 11.8. The lowest BCUT2D eigenvalue weighted by Crippen LogP contribution is -2.40. The fourth-order valence-electron chi connectivity index (χ4n) is 3.35. The summed E-state index contributed by atoms with van der Waals surface area (Å²) in [7, 11) is 0. The normalized spacial score (nSPS) is 25.6. The van der Waals surface area contributed by atoms with Crippen LogP contribution in [0.25, 0.3) is 0 Å². The third-order valence-corrected chi connectivity index (χ3v) is 4.38. The van der Waals surface area contributed by atoms with E-state index in [-0.39, 0.29) is 5.54 Å². The molecular formula is C16H24N2. The van der Waals surface area contributed by atoms with Crippen LogP contribution in [0, 0.1) is 0 Å². The van der Waals surface area contributed by atoms with Crippen molar-refractivity contribution in [3.63, 3.8) is 0 Å². The lowest BCUT2D eigenvalue weighted by molar-refractivity contribution is 0.121. The molecule has 1 aliphatic heterocycles. The molecule has 1 aromatic heterocycles. The number of aromatic nitrogens is 1. The molecule has 2 aliphatic rings. The van der Waals surface area contributed by atoms with Crippen molar-refractivity contribution in [1.82, 2.24) is 9.88 Å². The van der Waals surface area contributed by atoms with E-state index in [9.17, 15) is 0 Å². The molecular weight excluding hydrogens is 220 g/mol. The highest BCUT2D eigenvalue weighted by molar-refractivity contribution is 5.33. The molecule has 0 amide bonds. The van der Waals surface area contributed by atoms with Crippen LogP contribution in [-0.4, -0.2) is 22.0 Å². The van der Waals surface area contributed by atoms with E-state index >= 15 is 0 Å². The van der Waals surface area contributed by atoms with Gasteiger partial charge in [-0.3, -0.25) is 9.88 Å². The van der Waals surface area contributed by atoms with Gasteiger partial charge < -0.3 is 0 Å². The fraction of sp³-hybridized carbons (Fsp3) is 0.688. The molecule has 3 rings (SSSR count). The van der Waals surface area contributed by atoms with Crippen molar-refractivity contribution in [2.45, 2.75) is 64.0 Å². The molecule has 98 valence electrons. The van der Waals surface area contributed by atoms with Gasteiger partial charge in [0.25, 0.3) is 0 Å². The van der Waals surface area contributed by atoms with Crippen molar-refractivity contribution < 1.29 is 0 Å². The molecule has 0 N–H and O–H groups in total. The van der Waals surface area contributed by atoms with E-state index in [1.165, 1.54) is 37.8 Å². The Bertz CT molecular complexity index is 429. The van der Waals surface area contributed by atoms with Gasteiger partial charge in [-0.15, -0.1) is 0 Å². The summed E-state index contributed by atoms with van der Waals surface area (Å²) in [4.78, 5) is 7.05. The van der Waals surface area contributed by atoms with E-state index in [1.807, 2.05) is 6.20 Å². The molecule has 1 aliphatic carbocycles. The van der Waals surface area contributed by atoms with Crippen molar-refractivity contribution in [2.75, 3.05) is 6.54 Å². The molecule has 2 heterocycles. The number of hydrogen-bond donors (Lipinski definition) is 0. The van der Waals surface area contributed by atoms with E-state index in [4.69, 9.17) is 0 Å². The first kappa shape index (κ1) is 12.2. The molecule has 0 bridgehead atoms. The van der Waals surface area contributed by atoms with Gasteiger partial charge in [0.1, 0.15) is 0 Å². The number of pyridine rings is 1. The number of rotatable bonds is 2. The van der Waals surface area contributed by atoms with Crippen LogP contribution < -0.4 is 0 Å². The maximum atomic E-state index is 4.39. The zero-order chi connectivity index (χ0) is 12.8. The van der Waals surface area contributed by atoms with Crippen LogP contribution in [0.3, 0.4) is 0 Å². The first-order valence-corrected chi connectivity index (χ1v) is 7.28. The van der Waals surface area contributed by atoms with Crippen molar-refractivity contribution >= 4 is 0 Å². The van der Waals surface area contributed by atoms with Crippen molar-refractivity contribution in [3.8, 4) is 0 Å². The Kier molecular flexibility index (Phi) is 2.93. The Morgan fingerprint density at radius 2 is 1.94 bits per heavy atom. The maximum absolute atomic E-state index is 4.39. The van der Waals surface area contributed by atoms with Crippen molar-refractivity contribution in [3.05, 3.63) is 29.6 Å². The van der Waals surface area contributed by atoms with Crippen LogP contribution in [0.1, 0.15) is 69.5 Å². The minimum atomic E-state index is 0.262. The van der Waals surface area contributed by atoms with Gasteiger partial charge in [0.15, 0.2) is 0 Å². The van der Waals surface area contributed by atoms with Crippen LogP contribution >= 0.6 is 0 Å². The topological polar surface area (TPSA) is 16.1 Å². The largest absolute Gasteiger partial charge is 0.291 e. The molecule has 2 nitrogen and oxygen atoms in total. The van der Waals surface area contributed by atoms with Crippen molar-refractivity contribution in [2.24, 2.45) is 0 Å². The number of nitrogens with zero attached hydrogens (tertiary/aromatic N) is 2. The van der Waals surface area contributed by atoms with Crippen LogP contribution in [0.5, 0.6) is 0 Å². The van der Waals surface area contributed by atoms with E-state index < -0.39 is 0 Å². The second-order valence-corrected chi connectivity index (χ2v) is 6.80. The molecule has 2 heteroatoms. The predicted octanol–water partition coefficient (Wildman–Crippen LogP) is 3.89. The van der Waals surface area contributed by atoms with Gasteiger partial charge in [-0.25, -0.2) is 0 Å². The zero-order valence-electron chi connectivity index (χ0n) is 11.8. The highest BCUT2D eigenvalue weighted by atomic mass is 15.2. The van der Waals surface area contributed by atoms with E-state index in [1.54, 1.807) is 5.56 Å². The minimum Gasteiger partial charge on any atom is -0.291 e. The lowest BCUT2D eigenvalue weighted by atomic mass is 9.95. The highest BCUT2D eigenvalue weighted by Gasteiger charge is 2.37. The van der Waals surface area contributed by atoms with Gasteiger partial charge in [0.2, 0.25) is 0 Å². The summed E-state index contributed by atoms with van der Waals surface area (Å²) in [5.74, 6) is 0.824. The third kappa shape index (κ3) is 2.18. The second-order valence-electron chi connectivity index (χ2n) is 6.80. The molecule has 1 saturated heterocycles. The standard InChI is InChI=1S/C16H24N2/c1-16(2,3)18-10-4-5-15(18)14-11-17-9-8-13(14)12-6-7-12/h8-9,11-12,15H,4-7,10H2,1-3H3. The molecule has 0 radical (unpaired) electrons. The van der Waals surface area contributed by atoms with Gasteiger partial charge in [0.05, 0.1) is 0 Å². The van der Waals surface area contributed by atoms with Crippen LogP contribution in [0.4, 0.5) is 0 Å². The first-order valence-electron chi connectivity index (χ1n) is 7.28. The average molecular weight is 244 g/mol. The van der Waals surface area contributed by atoms with Crippen LogP contribution in [0.15, 0.2) is 18.5 Å². The summed E-state index contributed by atoms with van der Waals surface area (Å²) < 4.78 is 0. The van der Waals surface area contributed by atoms with Gasteiger partial charge in [-0.2, -0.15) is 0 Å². The Morgan fingerprint density at radius 3 is 2.61 bits per heavy atom. The molecule has 18 heavy (non-hydrogen) atoms. The summed E-state index contributed by atoms with van der Waals surface area (Å²) in [6.07, 6.45) is 9.46. The predicted molar refractivity (Wildman–Crippen MR) is 74.6 cm³/mol. The fourth-order valence-corrected chi connectivity index (χ4v) is 3.35. The Balaban J connectivity index is 1.94. The summed E-state index contributed by atoms with van der Waals surface area (Å²) in [6.45, 7) is 8.22. The van der Waals surface area contributed by atoms with E-state index in [0.717, 1.165) is 5.92 Å². The quantitative estimate of drug-likeness (QED) is 0.784. The third-order valence-electron chi connectivity index (χ3n) is 4.38. The molecule has 1 atom stereocenters. The van der Waals surface area contributed by atoms with Crippen molar-refractivity contribution in [1.29, 1.82) is 0 Å².